The molecule has 0 bridgehead atoms. The summed E-state index contributed by atoms with van der Waals surface area (Å²) in [5.41, 5.74) is 2.36. The minimum atomic E-state index is -3.13. The Morgan fingerprint density at radius 3 is 2.54 bits per heavy atom. The smallest absolute Gasteiger partial charge is 0.211 e. The number of hydrogen-bond donors (Lipinski definition) is 2. The van der Waals surface area contributed by atoms with E-state index in [-0.39, 0.29) is 0 Å². The van der Waals surface area contributed by atoms with Gasteiger partial charge >= 0.3 is 0 Å². The van der Waals surface area contributed by atoms with Crippen molar-refractivity contribution < 1.29 is 13.2 Å². The second-order valence-corrected chi connectivity index (χ2v) is 8.08. The second-order valence-electron chi connectivity index (χ2n) is 6.10. The van der Waals surface area contributed by atoms with Crippen molar-refractivity contribution in [2.45, 2.75) is 26.7 Å². The topological polar surface area (TPSA) is 83.0 Å². The maximum Gasteiger partial charge on any atom is 0.211 e. The van der Waals surface area contributed by atoms with Crippen molar-refractivity contribution >= 4 is 16.0 Å². The fraction of sp³-hybridized carbons (Fsp3) is 0.611. The van der Waals surface area contributed by atoms with E-state index in [4.69, 9.17) is 4.74 Å². The number of guanidine groups is 1. The zero-order chi connectivity index (χ0) is 19.6. The molecule has 0 radical (unpaired) electrons. The lowest BCUT2D eigenvalue weighted by Gasteiger charge is -2.18. The zero-order valence-corrected chi connectivity index (χ0v) is 17.3. The molecule has 0 aromatic heterocycles. The van der Waals surface area contributed by atoms with Gasteiger partial charge in [0.25, 0.3) is 0 Å². The van der Waals surface area contributed by atoms with Crippen LogP contribution in [0.15, 0.2) is 23.2 Å². The third kappa shape index (κ3) is 7.61. The lowest BCUT2D eigenvalue weighted by molar-refractivity contribution is 0.409. The number of sulfonamides is 1. The predicted molar refractivity (Wildman–Crippen MR) is 108 cm³/mol. The molecular weight excluding hydrogens is 352 g/mol. The molecule has 148 valence electrons. The van der Waals surface area contributed by atoms with Crippen molar-refractivity contribution in [1.29, 1.82) is 0 Å². The molecule has 0 amide bonds. The summed E-state index contributed by atoms with van der Waals surface area (Å²) in [5.74, 6) is 1.60. The van der Waals surface area contributed by atoms with Crippen LogP contribution in [0.25, 0.3) is 0 Å². The van der Waals surface area contributed by atoms with Crippen LogP contribution in [0.2, 0.25) is 0 Å². The third-order valence-corrected chi connectivity index (χ3v) is 5.42. The SMILES string of the molecule is CCN(CCCNC(=NC)NCCc1cc(C)ccc1OC)S(C)(=O)=O. The van der Waals surface area contributed by atoms with Crippen molar-refractivity contribution in [2.24, 2.45) is 4.99 Å². The van der Waals surface area contributed by atoms with E-state index in [2.05, 4.69) is 28.6 Å². The number of methoxy groups -OCH3 is 1. The summed E-state index contributed by atoms with van der Waals surface area (Å²) in [6.07, 6.45) is 2.78. The molecule has 0 spiro atoms. The molecular formula is C18H32N4O3S. The molecule has 0 aliphatic rings. The number of aryl methyl sites for hydroxylation is 1. The molecule has 0 unspecified atom stereocenters. The molecule has 0 heterocycles. The van der Waals surface area contributed by atoms with Gasteiger partial charge < -0.3 is 15.4 Å². The summed E-state index contributed by atoms with van der Waals surface area (Å²) in [7, 11) is 0.270. The maximum atomic E-state index is 11.6. The number of aliphatic imine (C=N–C) groups is 1. The normalized spacial score (nSPS) is 12.3. The zero-order valence-electron chi connectivity index (χ0n) is 16.5. The monoisotopic (exact) mass is 384 g/mol. The van der Waals surface area contributed by atoms with Crippen LogP contribution >= 0.6 is 0 Å². The van der Waals surface area contributed by atoms with Gasteiger partial charge in [0.1, 0.15) is 5.75 Å². The standard InChI is InChI=1S/C18H32N4O3S/c1-6-22(26(5,23)24)13-7-11-20-18(19-3)21-12-10-16-14-15(2)8-9-17(16)25-4/h8-9,14H,6-7,10-13H2,1-5H3,(H2,19,20,21). The average Bonchev–Trinajstić information content (AvgIpc) is 2.59. The summed E-state index contributed by atoms with van der Waals surface area (Å²) in [5, 5.41) is 6.49. The first-order chi connectivity index (χ1) is 12.3. The molecule has 0 saturated heterocycles. The van der Waals surface area contributed by atoms with E-state index in [1.165, 1.54) is 16.1 Å². The molecule has 0 aliphatic heterocycles. The summed E-state index contributed by atoms with van der Waals surface area (Å²) in [6, 6.07) is 6.15. The lowest BCUT2D eigenvalue weighted by Crippen LogP contribution is -2.40. The van der Waals surface area contributed by atoms with Crippen molar-refractivity contribution in [1.82, 2.24) is 14.9 Å². The molecule has 0 aliphatic carbocycles. The molecule has 0 fully saturated rings. The van der Waals surface area contributed by atoms with E-state index in [0.717, 1.165) is 24.3 Å². The van der Waals surface area contributed by atoms with E-state index in [9.17, 15) is 8.42 Å². The summed E-state index contributed by atoms with van der Waals surface area (Å²) in [4.78, 5) is 4.20. The Labute approximate surface area is 157 Å². The van der Waals surface area contributed by atoms with Gasteiger partial charge in [0.05, 0.1) is 13.4 Å². The molecule has 1 aromatic rings. The highest BCUT2D eigenvalue weighted by Crippen LogP contribution is 2.19. The van der Waals surface area contributed by atoms with E-state index < -0.39 is 10.0 Å². The largest absolute Gasteiger partial charge is 0.496 e. The van der Waals surface area contributed by atoms with Gasteiger partial charge in [-0.1, -0.05) is 24.6 Å². The summed E-state index contributed by atoms with van der Waals surface area (Å²) in [6.45, 7) is 6.27. The van der Waals surface area contributed by atoms with Gasteiger partial charge in [0.15, 0.2) is 5.96 Å². The van der Waals surface area contributed by atoms with Crippen LogP contribution in [-0.4, -0.2) is 65.3 Å². The highest BCUT2D eigenvalue weighted by Gasteiger charge is 2.13. The second kappa shape index (κ2) is 11.0. The Kier molecular flexibility index (Phi) is 9.43. The Bertz CT molecular complexity index is 690. The molecule has 0 saturated carbocycles. The van der Waals surface area contributed by atoms with Crippen LogP contribution in [0.5, 0.6) is 5.75 Å². The molecule has 26 heavy (non-hydrogen) atoms. The van der Waals surface area contributed by atoms with Crippen molar-refractivity contribution in [3.63, 3.8) is 0 Å². The van der Waals surface area contributed by atoms with Gasteiger partial charge in [-0.3, -0.25) is 4.99 Å². The minimum absolute atomic E-state index is 0.490. The first-order valence-corrected chi connectivity index (χ1v) is 10.7. The fourth-order valence-electron chi connectivity index (χ4n) is 2.66. The maximum absolute atomic E-state index is 11.6. The third-order valence-electron chi connectivity index (χ3n) is 4.04. The van der Waals surface area contributed by atoms with E-state index in [0.29, 0.717) is 32.0 Å². The lowest BCUT2D eigenvalue weighted by atomic mass is 10.1. The highest BCUT2D eigenvalue weighted by molar-refractivity contribution is 7.88. The van der Waals surface area contributed by atoms with Gasteiger partial charge in [-0.25, -0.2) is 12.7 Å². The molecule has 8 heteroatoms. The Morgan fingerprint density at radius 2 is 1.96 bits per heavy atom. The van der Waals surface area contributed by atoms with Gasteiger partial charge in [-0.15, -0.1) is 0 Å². The van der Waals surface area contributed by atoms with Crippen molar-refractivity contribution in [3.05, 3.63) is 29.3 Å². The van der Waals surface area contributed by atoms with Crippen LogP contribution in [-0.2, 0) is 16.4 Å². The van der Waals surface area contributed by atoms with Crippen LogP contribution in [0.4, 0.5) is 0 Å². The summed E-state index contributed by atoms with van der Waals surface area (Å²) < 4.78 is 30.0. The quantitative estimate of drug-likeness (QED) is 0.362. The van der Waals surface area contributed by atoms with E-state index in [1.807, 2.05) is 19.1 Å². The van der Waals surface area contributed by atoms with Gasteiger partial charge in [-0.05, 0) is 31.4 Å². The van der Waals surface area contributed by atoms with Gasteiger partial charge in [0, 0.05) is 33.2 Å². The Balaban J connectivity index is 2.39. The molecule has 0 atom stereocenters. The van der Waals surface area contributed by atoms with Crippen molar-refractivity contribution in [2.75, 3.05) is 46.6 Å². The van der Waals surface area contributed by atoms with Crippen molar-refractivity contribution in [3.8, 4) is 5.75 Å². The van der Waals surface area contributed by atoms with Crippen LogP contribution in [0.1, 0.15) is 24.5 Å². The molecule has 1 rings (SSSR count). The number of ether oxygens (including phenoxy) is 1. The predicted octanol–water partition coefficient (Wildman–Crippen LogP) is 1.38. The number of nitrogens with zero attached hydrogens (tertiary/aromatic N) is 2. The number of rotatable bonds is 10. The molecule has 7 nitrogen and oxygen atoms in total. The molecule has 1 aromatic carbocycles. The first kappa shape index (κ1) is 22.2. The molecule has 2 N–H and O–H groups in total. The Hall–Kier alpha value is -1.80. The van der Waals surface area contributed by atoms with Crippen LogP contribution in [0, 0.1) is 6.92 Å². The highest BCUT2D eigenvalue weighted by atomic mass is 32.2. The van der Waals surface area contributed by atoms with E-state index >= 15 is 0 Å². The van der Waals surface area contributed by atoms with Gasteiger partial charge in [-0.2, -0.15) is 0 Å². The van der Waals surface area contributed by atoms with E-state index in [1.54, 1.807) is 14.2 Å². The fourth-order valence-corrected chi connectivity index (χ4v) is 3.59. The number of hydrogen-bond acceptors (Lipinski definition) is 4. The van der Waals surface area contributed by atoms with Crippen LogP contribution in [0.3, 0.4) is 0 Å². The first-order valence-electron chi connectivity index (χ1n) is 8.85. The minimum Gasteiger partial charge on any atom is -0.496 e. The summed E-state index contributed by atoms with van der Waals surface area (Å²) >= 11 is 0. The van der Waals surface area contributed by atoms with Gasteiger partial charge in [0.2, 0.25) is 10.0 Å². The number of benzene rings is 1. The van der Waals surface area contributed by atoms with Crippen LogP contribution < -0.4 is 15.4 Å². The average molecular weight is 385 g/mol. The number of nitrogens with one attached hydrogen (secondary N) is 2. The Morgan fingerprint density at radius 1 is 1.27 bits per heavy atom.